The van der Waals surface area contributed by atoms with Crippen molar-refractivity contribution in [3.05, 3.63) is 107 Å². The number of anilines is 1. The van der Waals surface area contributed by atoms with Crippen LogP contribution in [0.25, 0.3) is 21.7 Å². The van der Waals surface area contributed by atoms with Crippen LogP contribution in [0, 0.1) is 18.3 Å². The van der Waals surface area contributed by atoms with Crippen molar-refractivity contribution >= 4 is 33.4 Å². The second-order valence-corrected chi connectivity index (χ2v) is 8.49. The lowest BCUT2D eigenvalue weighted by Crippen LogP contribution is -2.23. The Morgan fingerprint density at radius 1 is 0.971 bits per heavy atom. The molecule has 1 amide bonds. The summed E-state index contributed by atoms with van der Waals surface area (Å²) >= 11 is 0. The van der Waals surface area contributed by atoms with Crippen LogP contribution in [0.1, 0.15) is 38.3 Å². The summed E-state index contributed by atoms with van der Waals surface area (Å²) in [6.45, 7) is 2.36. The van der Waals surface area contributed by atoms with Crippen LogP contribution in [0.4, 0.5) is 5.82 Å². The number of carbonyl (C=O) groups excluding carboxylic acids is 1. The Morgan fingerprint density at radius 3 is 2.66 bits per heavy atom. The first-order chi connectivity index (χ1) is 17.0. The predicted octanol–water partition coefficient (Wildman–Crippen LogP) is 4.46. The van der Waals surface area contributed by atoms with Crippen LogP contribution in [0.15, 0.2) is 73.2 Å². The van der Waals surface area contributed by atoms with Crippen LogP contribution < -0.4 is 11.1 Å². The van der Waals surface area contributed by atoms with Crippen molar-refractivity contribution in [1.82, 2.24) is 20.3 Å². The average molecular weight is 459 g/mol. The number of hydrogen-bond donors (Lipinski definition) is 2. The Balaban J connectivity index is 1.33. The molecule has 0 radical (unpaired) electrons. The van der Waals surface area contributed by atoms with Gasteiger partial charge in [0, 0.05) is 53.6 Å². The molecule has 0 fully saturated rings. The first-order valence-electron chi connectivity index (χ1n) is 11.2. The number of carbonyl (C=O) groups is 1. The van der Waals surface area contributed by atoms with Crippen LogP contribution in [-0.2, 0) is 13.0 Å². The number of aromatic nitrogens is 3. The Labute approximate surface area is 202 Å². The van der Waals surface area contributed by atoms with Crippen LogP contribution in [0.3, 0.4) is 0 Å². The molecule has 0 saturated carbocycles. The molecule has 5 rings (SSSR count). The molecule has 5 aromatic rings. The van der Waals surface area contributed by atoms with Gasteiger partial charge < -0.3 is 11.1 Å². The van der Waals surface area contributed by atoms with E-state index in [2.05, 4.69) is 26.3 Å². The Kier molecular flexibility index (Phi) is 5.78. The molecule has 0 spiro atoms. The predicted molar refractivity (Wildman–Crippen MR) is 136 cm³/mol. The van der Waals surface area contributed by atoms with Gasteiger partial charge in [0.25, 0.3) is 5.91 Å². The number of nitrogens with zero attached hydrogens (tertiary/aromatic N) is 4. The van der Waals surface area contributed by atoms with Crippen LogP contribution in [0.5, 0.6) is 0 Å². The zero-order chi connectivity index (χ0) is 24.4. The van der Waals surface area contributed by atoms with Gasteiger partial charge in [-0.2, -0.15) is 5.26 Å². The minimum atomic E-state index is -0.181. The van der Waals surface area contributed by atoms with E-state index in [0.29, 0.717) is 35.4 Å². The fourth-order valence-corrected chi connectivity index (χ4v) is 4.18. The number of fused-ring (bicyclic) bond motifs is 2. The van der Waals surface area contributed by atoms with Gasteiger partial charge in [0.1, 0.15) is 11.9 Å². The van der Waals surface area contributed by atoms with Crippen molar-refractivity contribution in [3.8, 4) is 6.07 Å². The summed E-state index contributed by atoms with van der Waals surface area (Å²) in [6.07, 6.45) is 5.57. The second-order valence-electron chi connectivity index (χ2n) is 8.49. The maximum absolute atomic E-state index is 12.8. The van der Waals surface area contributed by atoms with Crippen molar-refractivity contribution in [2.45, 2.75) is 19.9 Å². The highest BCUT2D eigenvalue weighted by atomic mass is 16.1. The number of hydrogen-bond acceptors (Lipinski definition) is 6. The number of nitrogens with one attached hydrogen (secondary N) is 1. The van der Waals surface area contributed by atoms with E-state index in [4.69, 9.17) is 5.73 Å². The number of rotatable bonds is 5. The highest BCUT2D eigenvalue weighted by Gasteiger charge is 2.11. The lowest BCUT2D eigenvalue weighted by molar-refractivity contribution is 0.0950. The van der Waals surface area contributed by atoms with Crippen molar-refractivity contribution < 1.29 is 4.79 Å². The molecular formula is C28H22N6O. The molecule has 0 aliphatic heterocycles. The molecule has 7 heteroatoms. The van der Waals surface area contributed by atoms with Crippen molar-refractivity contribution in [2.24, 2.45) is 0 Å². The molecule has 0 atom stereocenters. The lowest BCUT2D eigenvalue weighted by Gasteiger charge is -2.09. The molecule has 35 heavy (non-hydrogen) atoms. The van der Waals surface area contributed by atoms with Crippen LogP contribution in [-0.4, -0.2) is 20.9 Å². The number of nitriles is 1. The monoisotopic (exact) mass is 458 g/mol. The molecule has 0 unspecified atom stereocenters. The zero-order valence-electron chi connectivity index (χ0n) is 19.1. The minimum absolute atomic E-state index is 0.181. The van der Waals surface area contributed by atoms with E-state index in [9.17, 15) is 10.1 Å². The Morgan fingerprint density at radius 2 is 1.80 bits per heavy atom. The zero-order valence-corrected chi connectivity index (χ0v) is 19.1. The largest absolute Gasteiger partial charge is 0.383 e. The summed E-state index contributed by atoms with van der Waals surface area (Å²) in [5, 5.41) is 15.3. The highest BCUT2D eigenvalue weighted by molar-refractivity contribution is 5.94. The molecule has 0 aliphatic rings. The first kappa shape index (κ1) is 22.0. The number of pyridine rings is 3. The van der Waals surface area contributed by atoms with Crippen LogP contribution >= 0.6 is 0 Å². The first-order valence-corrected chi connectivity index (χ1v) is 11.2. The summed E-state index contributed by atoms with van der Waals surface area (Å²) in [5.74, 6) is 0.307. The Hall–Kier alpha value is -4.83. The second kappa shape index (κ2) is 9.20. The summed E-state index contributed by atoms with van der Waals surface area (Å²) in [4.78, 5) is 25.8. The van der Waals surface area contributed by atoms with Gasteiger partial charge in [-0.1, -0.05) is 12.1 Å². The van der Waals surface area contributed by atoms with Gasteiger partial charge in [-0.3, -0.25) is 14.8 Å². The van der Waals surface area contributed by atoms with Crippen molar-refractivity contribution in [2.75, 3.05) is 5.73 Å². The molecule has 3 N–H and O–H groups in total. The van der Waals surface area contributed by atoms with Gasteiger partial charge in [0.15, 0.2) is 0 Å². The third-order valence-electron chi connectivity index (χ3n) is 5.88. The maximum atomic E-state index is 12.8. The van der Waals surface area contributed by atoms with Gasteiger partial charge in [-0.25, -0.2) is 4.98 Å². The molecule has 170 valence electrons. The standard InChI is InChI=1S/C28H22N6O/c1-17-8-22-10-19(11-23(14-29)26(22)33-15-17)12-24-13-21(5-6-31-24)28(35)34-16-18-2-3-25-20(9-18)4-7-32-27(25)30/h2-11,13,15H,12,16H2,1H3,(H2,30,32)(H,34,35). The molecule has 7 nitrogen and oxygen atoms in total. The van der Waals surface area contributed by atoms with E-state index in [-0.39, 0.29) is 5.91 Å². The van der Waals surface area contributed by atoms with Crippen molar-refractivity contribution in [3.63, 3.8) is 0 Å². The van der Waals surface area contributed by atoms with E-state index in [1.165, 1.54) is 0 Å². The molecule has 2 aromatic carbocycles. The lowest BCUT2D eigenvalue weighted by atomic mass is 10.0. The molecule has 0 bridgehead atoms. The number of amides is 1. The number of benzene rings is 2. The maximum Gasteiger partial charge on any atom is 0.251 e. The molecule has 0 aliphatic carbocycles. The van der Waals surface area contributed by atoms with Gasteiger partial charge in [0.2, 0.25) is 0 Å². The van der Waals surface area contributed by atoms with E-state index in [1.807, 2.05) is 49.4 Å². The minimum Gasteiger partial charge on any atom is -0.383 e. The number of nitrogens with two attached hydrogens (primary N) is 1. The summed E-state index contributed by atoms with van der Waals surface area (Å²) in [6, 6.07) is 19.3. The fraction of sp³-hybridized carbons (Fsp3) is 0.107. The normalized spacial score (nSPS) is 10.9. The van der Waals surface area contributed by atoms with Gasteiger partial charge in [-0.15, -0.1) is 0 Å². The van der Waals surface area contributed by atoms with E-state index in [1.54, 1.807) is 30.7 Å². The summed E-state index contributed by atoms with van der Waals surface area (Å²) in [7, 11) is 0. The van der Waals surface area contributed by atoms with Crippen LogP contribution in [0.2, 0.25) is 0 Å². The van der Waals surface area contributed by atoms with E-state index < -0.39 is 0 Å². The summed E-state index contributed by atoms with van der Waals surface area (Å²) < 4.78 is 0. The van der Waals surface area contributed by atoms with E-state index in [0.717, 1.165) is 38.5 Å². The third-order valence-corrected chi connectivity index (χ3v) is 5.88. The van der Waals surface area contributed by atoms with Gasteiger partial charge >= 0.3 is 0 Å². The summed E-state index contributed by atoms with van der Waals surface area (Å²) in [5.41, 5.74) is 11.3. The molecule has 3 heterocycles. The smallest absolute Gasteiger partial charge is 0.251 e. The van der Waals surface area contributed by atoms with Crippen molar-refractivity contribution in [1.29, 1.82) is 5.26 Å². The number of aryl methyl sites for hydroxylation is 1. The third kappa shape index (κ3) is 4.63. The number of nitrogen functional groups attached to an aromatic ring is 1. The van der Waals surface area contributed by atoms with E-state index >= 15 is 0 Å². The Bertz CT molecular complexity index is 1640. The van der Waals surface area contributed by atoms with Gasteiger partial charge in [-0.05, 0) is 71.5 Å². The quantitative estimate of drug-likeness (QED) is 0.401. The fourth-order valence-electron chi connectivity index (χ4n) is 4.18. The average Bonchev–Trinajstić information content (AvgIpc) is 2.86. The molecular weight excluding hydrogens is 436 g/mol. The SMILES string of the molecule is Cc1cnc2c(C#N)cc(Cc3cc(C(=O)NCc4ccc5c(N)nccc5c4)ccn3)cc2c1. The topological polar surface area (TPSA) is 118 Å². The molecule has 0 saturated heterocycles. The highest BCUT2D eigenvalue weighted by Crippen LogP contribution is 2.22. The molecule has 3 aromatic heterocycles. The van der Waals surface area contributed by atoms with Gasteiger partial charge in [0.05, 0.1) is 11.1 Å².